The van der Waals surface area contributed by atoms with Crippen LogP contribution in [0.2, 0.25) is 0 Å². The average molecular weight is 346 g/mol. The SMILES string of the molecule is CCc1cc(C(=O)Nc2nc(-c3cn(CC)nc3C)cs2)cs1. The topological polar surface area (TPSA) is 59.8 Å². The number of aryl methyl sites for hydroxylation is 3. The third-order valence-corrected chi connectivity index (χ3v) is 5.37. The summed E-state index contributed by atoms with van der Waals surface area (Å²) < 4.78 is 1.89. The van der Waals surface area contributed by atoms with E-state index < -0.39 is 0 Å². The minimum absolute atomic E-state index is 0.108. The van der Waals surface area contributed by atoms with Crippen molar-refractivity contribution < 1.29 is 4.79 Å². The number of nitrogens with one attached hydrogen (secondary N) is 1. The molecule has 3 heterocycles. The zero-order valence-corrected chi connectivity index (χ0v) is 14.9. The van der Waals surface area contributed by atoms with Crippen LogP contribution >= 0.6 is 22.7 Å². The van der Waals surface area contributed by atoms with Crippen molar-refractivity contribution in [3.63, 3.8) is 0 Å². The molecule has 0 aliphatic heterocycles. The monoisotopic (exact) mass is 346 g/mol. The Morgan fingerprint density at radius 3 is 2.78 bits per heavy atom. The number of aromatic nitrogens is 3. The second kappa shape index (κ2) is 6.64. The van der Waals surface area contributed by atoms with Gasteiger partial charge in [-0.25, -0.2) is 4.98 Å². The molecule has 0 bridgehead atoms. The van der Waals surface area contributed by atoms with Gasteiger partial charge in [-0.3, -0.25) is 14.8 Å². The van der Waals surface area contributed by atoms with E-state index in [0.717, 1.165) is 29.9 Å². The molecule has 1 amide bonds. The minimum Gasteiger partial charge on any atom is -0.298 e. The maximum Gasteiger partial charge on any atom is 0.258 e. The minimum atomic E-state index is -0.108. The molecule has 3 aromatic rings. The van der Waals surface area contributed by atoms with Crippen LogP contribution in [0.25, 0.3) is 11.3 Å². The first-order valence-corrected chi connectivity index (χ1v) is 9.25. The van der Waals surface area contributed by atoms with Crippen LogP contribution in [0.3, 0.4) is 0 Å². The predicted octanol–water partition coefficient (Wildman–Crippen LogP) is 4.21. The van der Waals surface area contributed by atoms with Gasteiger partial charge in [-0.2, -0.15) is 5.10 Å². The zero-order valence-electron chi connectivity index (χ0n) is 13.3. The second-order valence-corrected chi connectivity index (χ2v) is 6.99. The van der Waals surface area contributed by atoms with Crippen molar-refractivity contribution in [3.8, 4) is 11.3 Å². The van der Waals surface area contributed by atoms with E-state index in [1.54, 1.807) is 11.3 Å². The summed E-state index contributed by atoms with van der Waals surface area (Å²) in [6.07, 6.45) is 2.93. The summed E-state index contributed by atoms with van der Waals surface area (Å²) in [7, 11) is 0. The number of nitrogens with zero attached hydrogens (tertiary/aromatic N) is 3. The van der Waals surface area contributed by atoms with Gasteiger partial charge in [0.25, 0.3) is 5.91 Å². The quantitative estimate of drug-likeness (QED) is 0.753. The Balaban J connectivity index is 1.76. The van der Waals surface area contributed by atoms with Crippen LogP contribution < -0.4 is 5.32 Å². The standard InChI is InChI=1S/C16H18N4OS2/c1-4-12-6-11(8-22-12)15(21)18-16-17-14(9-23-16)13-7-20(5-2)19-10(13)3/h6-9H,4-5H2,1-3H3,(H,17,18,21). The molecule has 0 aromatic carbocycles. The van der Waals surface area contributed by atoms with Crippen molar-refractivity contribution >= 4 is 33.7 Å². The van der Waals surface area contributed by atoms with E-state index in [2.05, 4.69) is 22.3 Å². The van der Waals surface area contributed by atoms with E-state index >= 15 is 0 Å². The number of carbonyl (C=O) groups is 1. The first-order valence-electron chi connectivity index (χ1n) is 7.49. The van der Waals surface area contributed by atoms with Gasteiger partial charge in [0.1, 0.15) is 0 Å². The summed E-state index contributed by atoms with van der Waals surface area (Å²) in [5, 5.41) is 11.8. The third-order valence-electron chi connectivity index (χ3n) is 3.54. The molecule has 120 valence electrons. The number of rotatable bonds is 5. The van der Waals surface area contributed by atoms with Crippen LogP contribution in [0.15, 0.2) is 23.0 Å². The highest BCUT2D eigenvalue weighted by atomic mass is 32.1. The number of amides is 1. The largest absolute Gasteiger partial charge is 0.298 e. The molecule has 0 atom stereocenters. The molecular weight excluding hydrogens is 328 g/mol. The maximum absolute atomic E-state index is 12.3. The van der Waals surface area contributed by atoms with Crippen molar-refractivity contribution in [2.45, 2.75) is 33.7 Å². The Labute approximate surface area is 143 Å². The maximum atomic E-state index is 12.3. The molecule has 7 heteroatoms. The fraction of sp³-hybridized carbons (Fsp3) is 0.312. The Hall–Kier alpha value is -1.99. The summed E-state index contributed by atoms with van der Waals surface area (Å²) in [4.78, 5) is 18.0. The van der Waals surface area contributed by atoms with Crippen molar-refractivity contribution in [3.05, 3.63) is 39.2 Å². The summed E-state index contributed by atoms with van der Waals surface area (Å²) in [5.41, 5.74) is 3.49. The summed E-state index contributed by atoms with van der Waals surface area (Å²) in [6, 6.07) is 1.93. The highest BCUT2D eigenvalue weighted by Crippen LogP contribution is 2.27. The normalized spacial score (nSPS) is 10.9. The third kappa shape index (κ3) is 3.35. The number of anilines is 1. The highest BCUT2D eigenvalue weighted by molar-refractivity contribution is 7.14. The lowest BCUT2D eigenvalue weighted by molar-refractivity contribution is 0.102. The number of thiophene rings is 1. The molecular formula is C16H18N4OS2. The Bertz CT molecular complexity index is 831. The van der Waals surface area contributed by atoms with Crippen LogP contribution in [-0.2, 0) is 13.0 Å². The van der Waals surface area contributed by atoms with Crippen molar-refractivity contribution in [1.82, 2.24) is 14.8 Å². The molecule has 0 saturated carbocycles. The molecule has 3 aromatic heterocycles. The molecule has 5 nitrogen and oxygen atoms in total. The lowest BCUT2D eigenvalue weighted by atomic mass is 10.2. The van der Waals surface area contributed by atoms with E-state index in [1.165, 1.54) is 16.2 Å². The van der Waals surface area contributed by atoms with Gasteiger partial charge in [0.2, 0.25) is 0 Å². The zero-order chi connectivity index (χ0) is 16.4. The van der Waals surface area contributed by atoms with E-state index in [4.69, 9.17) is 0 Å². The van der Waals surface area contributed by atoms with Gasteiger partial charge in [0, 0.05) is 33.9 Å². The lowest BCUT2D eigenvalue weighted by Gasteiger charge is -1.98. The Morgan fingerprint density at radius 2 is 2.13 bits per heavy atom. The van der Waals surface area contributed by atoms with Crippen LogP contribution in [0.4, 0.5) is 5.13 Å². The Morgan fingerprint density at radius 1 is 1.30 bits per heavy atom. The van der Waals surface area contributed by atoms with Crippen molar-refractivity contribution in [1.29, 1.82) is 0 Å². The van der Waals surface area contributed by atoms with Gasteiger partial charge in [-0.05, 0) is 26.3 Å². The van der Waals surface area contributed by atoms with Crippen LogP contribution in [0.5, 0.6) is 0 Å². The molecule has 0 saturated heterocycles. The van der Waals surface area contributed by atoms with E-state index in [9.17, 15) is 4.79 Å². The van der Waals surface area contributed by atoms with E-state index in [1.807, 2.05) is 41.6 Å². The first-order chi connectivity index (χ1) is 11.1. The molecule has 3 rings (SSSR count). The fourth-order valence-electron chi connectivity index (χ4n) is 2.24. The van der Waals surface area contributed by atoms with Gasteiger partial charge in [-0.1, -0.05) is 6.92 Å². The summed E-state index contributed by atoms with van der Waals surface area (Å²) in [5.74, 6) is -0.108. The van der Waals surface area contributed by atoms with Crippen LogP contribution in [-0.4, -0.2) is 20.7 Å². The van der Waals surface area contributed by atoms with Gasteiger partial charge < -0.3 is 0 Å². The van der Waals surface area contributed by atoms with Gasteiger partial charge >= 0.3 is 0 Å². The van der Waals surface area contributed by atoms with Crippen molar-refractivity contribution in [2.24, 2.45) is 0 Å². The number of hydrogen-bond acceptors (Lipinski definition) is 5. The Kier molecular flexibility index (Phi) is 4.58. The predicted molar refractivity (Wildman–Crippen MR) is 95.4 cm³/mol. The van der Waals surface area contributed by atoms with Gasteiger partial charge in [0.15, 0.2) is 5.13 Å². The fourth-order valence-corrected chi connectivity index (χ4v) is 3.76. The van der Waals surface area contributed by atoms with E-state index in [0.29, 0.717) is 10.7 Å². The number of hydrogen-bond donors (Lipinski definition) is 1. The average Bonchev–Trinajstić information content (AvgIpc) is 3.25. The highest BCUT2D eigenvalue weighted by Gasteiger charge is 2.14. The van der Waals surface area contributed by atoms with E-state index in [-0.39, 0.29) is 5.91 Å². The number of carbonyl (C=O) groups excluding carboxylic acids is 1. The summed E-state index contributed by atoms with van der Waals surface area (Å²) >= 11 is 3.04. The van der Waals surface area contributed by atoms with Gasteiger partial charge in [-0.15, -0.1) is 22.7 Å². The molecule has 0 fully saturated rings. The van der Waals surface area contributed by atoms with Crippen molar-refractivity contribution in [2.75, 3.05) is 5.32 Å². The summed E-state index contributed by atoms with van der Waals surface area (Å²) in [6.45, 7) is 6.93. The van der Waals surface area contributed by atoms with Crippen LogP contribution in [0.1, 0.15) is 34.8 Å². The number of thiazole rings is 1. The molecule has 0 spiro atoms. The molecule has 0 aliphatic rings. The molecule has 0 radical (unpaired) electrons. The molecule has 23 heavy (non-hydrogen) atoms. The second-order valence-electron chi connectivity index (χ2n) is 5.13. The van der Waals surface area contributed by atoms with Gasteiger partial charge in [0.05, 0.1) is 17.0 Å². The smallest absolute Gasteiger partial charge is 0.258 e. The molecule has 0 aliphatic carbocycles. The first kappa shape index (κ1) is 15.9. The lowest BCUT2D eigenvalue weighted by Crippen LogP contribution is -2.10. The molecule has 1 N–H and O–H groups in total. The van der Waals surface area contributed by atoms with Crippen LogP contribution in [0, 0.1) is 6.92 Å². The molecule has 0 unspecified atom stereocenters.